The maximum absolute atomic E-state index is 10.6. The van der Waals surface area contributed by atoms with Crippen molar-refractivity contribution in [3.8, 4) is 0 Å². The second-order valence-corrected chi connectivity index (χ2v) is 3.45. The van der Waals surface area contributed by atoms with Crippen LogP contribution < -0.4 is 0 Å². The van der Waals surface area contributed by atoms with Gasteiger partial charge >= 0.3 is 5.97 Å². The van der Waals surface area contributed by atoms with Crippen molar-refractivity contribution in [1.82, 2.24) is 0 Å². The summed E-state index contributed by atoms with van der Waals surface area (Å²) < 4.78 is 5.18. The fraction of sp³-hybridized carbons (Fsp3) is 0.875. The first-order valence-electron chi connectivity index (χ1n) is 4.13. The molecule has 3 nitrogen and oxygen atoms in total. The highest BCUT2D eigenvalue weighted by Gasteiger charge is 2.43. The average Bonchev–Trinajstić information content (AvgIpc) is 2.41. The zero-order valence-corrected chi connectivity index (χ0v) is 6.32. The van der Waals surface area contributed by atoms with E-state index in [4.69, 9.17) is 9.84 Å². The lowest BCUT2D eigenvalue weighted by Gasteiger charge is -2.10. The zero-order valence-electron chi connectivity index (χ0n) is 6.32. The summed E-state index contributed by atoms with van der Waals surface area (Å²) in [5.41, 5.74) is 0. The Hall–Kier alpha value is -0.570. The molecule has 0 aromatic rings. The predicted octanol–water partition coefficient (Wildman–Crippen LogP) is 0.886. The van der Waals surface area contributed by atoms with Gasteiger partial charge in [-0.3, -0.25) is 0 Å². The fourth-order valence-corrected chi connectivity index (χ4v) is 2.28. The van der Waals surface area contributed by atoms with Gasteiger partial charge in [-0.05, 0) is 18.8 Å². The average molecular weight is 156 g/mol. The number of fused-ring (bicyclic) bond motifs is 1. The number of carboxylic acid groups (broad SMARTS) is 1. The first kappa shape index (κ1) is 7.10. The van der Waals surface area contributed by atoms with Crippen molar-refractivity contribution in [3.05, 3.63) is 0 Å². The zero-order chi connectivity index (χ0) is 7.84. The van der Waals surface area contributed by atoms with Crippen molar-refractivity contribution < 1.29 is 14.6 Å². The molecule has 0 amide bonds. The highest BCUT2D eigenvalue weighted by molar-refractivity contribution is 5.73. The second kappa shape index (κ2) is 2.48. The SMILES string of the molecule is O=C(O)[C@@H]1OC[C@H]2CCC[C@H]21. The monoisotopic (exact) mass is 156 g/mol. The van der Waals surface area contributed by atoms with Crippen LogP contribution in [0.4, 0.5) is 0 Å². The lowest BCUT2D eigenvalue weighted by molar-refractivity contribution is -0.149. The van der Waals surface area contributed by atoms with E-state index in [1.54, 1.807) is 0 Å². The summed E-state index contributed by atoms with van der Waals surface area (Å²) in [5.74, 6) is 0.0722. The number of rotatable bonds is 1. The van der Waals surface area contributed by atoms with Crippen molar-refractivity contribution in [2.24, 2.45) is 11.8 Å². The summed E-state index contributed by atoms with van der Waals surface area (Å²) >= 11 is 0. The van der Waals surface area contributed by atoms with Gasteiger partial charge in [0.05, 0.1) is 6.61 Å². The van der Waals surface area contributed by atoms with Gasteiger partial charge in [-0.15, -0.1) is 0 Å². The molecule has 3 atom stereocenters. The van der Waals surface area contributed by atoms with E-state index >= 15 is 0 Å². The molecule has 1 saturated heterocycles. The number of carboxylic acids is 1. The summed E-state index contributed by atoms with van der Waals surface area (Å²) in [6, 6.07) is 0. The molecule has 2 aliphatic rings. The van der Waals surface area contributed by atoms with Crippen molar-refractivity contribution in [3.63, 3.8) is 0 Å². The molecule has 0 unspecified atom stereocenters. The van der Waals surface area contributed by atoms with E-state index in [9.17, 15) is 4.79 Å². The van der Waals surface area contributed by atoms with Gasteiger partial charge in [0, 0.05) is 5.92 Å². The van der Waals surface area contributed by atoms with E-state index in [0.717, 1.165) is 12.8 Å². The minimum atomic E-state index is -0.778. The van der Waals surface area contributed by atoms with Crippen LogP contribution in [0.3, 0.4) is 0 Å². The molecule has 1 aliphatic carbocycles. The molecule has 0 aromatic heterocycles. The fourth-order valence-electron chi connectivity index (χ4n) is 2.28. The lowest BCUT2D eigenvalue weighted by Crippen LogP contribution is -2.26. The quantitative estimate of drug-likeness (QED) is 0.613. The number of aliphatic carboxylic acids is 1. The molecule has 3 heteroatoms. The molecule has 2 rings (SSSR count). The van der Waals surface area contributed by atoms with Crippen LogP contribution in [-0.4, -0.2) is 23.8 Å². The Labute approximate surface area is 65.4 Å². The maximum atomic E-state index is 10.6. The van der Waals surface area contributed by atoms with Crippen LogP contribution in [0.5, 0.6) is 0 Å². The third kappa shape index (κ3) is 1.03. The van der Waals surface area contributed by atoms with Gasteiger partial charge in [0.25, 0.3) is 0 Å². The van der Waals surface area contributed by atoms with Crippen molar-refractivity contribution >= 4 is 5.97 Å². The van der Waals surface area contributed by atoms with Crippen LogP contribution >= 0.6 is 0 Å². The second-order valence-electron chi connectivity index (χ2n) is 3.45. The third-order valence-electron chi connectivity index (χ3n) is 2.84. The molecule has 0 bridgehead atoms. The molecule has 0 aromatic carbocycles. The van der Waals surface area contributed by atoms with Gasteiger partial charge < -0.3 is 9.84 Å². The van der Waals surface area contributed by atoms with Gasteiger partial charge in [-0.1, -0.05) is 6.42 Å². The van der Waals surface area contributed by atoms with E-state index in [2.05, 4.69) is 0 Å². The van der Waals surface area contributed by atoms with Crippen LogP contribution in [0.25, 0.3) is 0 Å². The Balaban J connectivity index is 2.08. The molecule has 0 radical (unpaired) electrons. The molecular formula is C8H12O3. The molecule has 1 heterocycles. The molecule has 11 heavy (non-hydrogen) atoms. The lowest BCUT2D eigenvalue weighted by atomic mass is 9.95. The number of ether oxygens (including phenoxy) is 1. The molecule has 1 saturated carbocycles. The first-order valence-corrected chi connectivity index (χ1v) is 4.13. The van der Waals surface area contributed by atoms with Gasteiger partial charge in [0.15, 0.2) is 6.10 Å². The molecule has 2 fully saturated rings. The molecule has 1 aliphatic heterocycles. The van der Waals surface area contributed by atoms with E-state index in [1.165, 1.54) is 6.42 Å². The highest BCUT2D eigenvalue weighted by atomic mass is 16.5. The predicted molar refractivity (Wildman–Crippen MR) is 38.2 cm³/mol. The van der Waals surface area contributed by atoms with Gasteiger partial charge in [0.1, 0.15) is 0 Å². The Bertz CT molecular complexity index is 178. The Kier molecular flexibility index (Phi) is 1.60. The summed E-state index contributed by atoms with van der Waals surface area (Å²) in [6.07, 6.45) is 2.89. The first-order chi connectivity index (χ1) is 5.29. The minimum Gasteiger partial charge on any atom is -0.479 e. The molecule has 1 N–H and O–H groups in total. The Morgan fingerprint density at radius 2 is 2.27 bits per heavy atom. The number of hydrogen-bond acceptors (Lipinski definition) is 2. The van der Waals surface area contributed by atoms with Crippen LogP contribution in [0.2, 0.25) is 0 Å². The van der Waals surface area contributed by atoms with Crippen LogP contribution in [0.15, 0.2) is 0 Å². The van der Waals surface area contributed by atoms with Crippen LogP contribution in [0.1, 0.15) is 19.3 Å². The van der Waals surface area contributed by atoms with E-state index in [0.29, 0.717) is 18.4 Å². The smallest absolute Gasteiger partial charge is 0.333 e. The van der Waals surface area contributed by atoms with Crippen molar-refractivity contribution in [2.75, 3.05) is 6.61 Å². The minimum absolute atomic E-state index is 0.312. The maximum Gasteiger partial charge on any atom is 0.333 e. The highest BCUT2D eigenvalue weighted by Crippen LogP contribution is 2.40. The standard InChI is InChI=1S/C8H12O3/c9-8(10)7-6-3-1-2-5(6)4-11-7/h5-7H,1-4H2,(H,9,10)/t5-,6-,7-/m1/s1. The van der Waals surface area contributed by atoms with E-state index in [-0.39, 0.29) is 0 Å². The van der Waals surface area contributed by atoms with Gasteiger partial charge in [0.2, 0.25) is 0 Å². The van der Waals surface area contributed by atoms with Crippen molar-refractivity contribution in [2.45, 2.75) is 25.4 Å². The van der Waals surface area contributed by atoms with Gasteiger partial charge in [-0.2, -0.15) is 0 Å². The molecule has 62 valence electrons. The normalized spacial score (nSPS) is 42.4. The summed E-state index contributed by atoms with van der Waals surface area (Å²) in [4.78, 5) is 10.6. The summed E-state index contributed by atoms with van der Waals surface area (Å²) in [6.45, 7) is 0.668. The van der Waals surface area contributed by atoms with E-state index in [1.807, 2.05) is 0 Å². The largest absolute Gasteiger partial charge is 0.479 e. The molecule has 0 spiro atoms. The van der Waals surface area contributed by atoms with Crippen LogP contribution in [0, 0.1) is 11.8 Å². The summed E-state index contributed by atoms with van der Waals surface area (Å²) in [5, 5.41) is 8.74. The van der Waals surface area contributed by atoms with Crippen molar-refractivity contribution in [1.29, 1.82) is 0 Å². The topological polar surface area (TPSA) is 46.5 Å². The van der Waals surface area contributed by atoms with Gasteiger partial charge in [-0.25, -0.2) is 4.79 Å². The Morgan fingerprint density at radius 1 is 1.45 bits per heavy atom. The Morgan fingerprint density at radius 3 is 3.00 bits per heavy atom. The number of carbonyl (C=O) groups is 1. The number of hydrogen-bond donors (Lipinski definition) is 1. The van der Waals surface area contributed by atoms with Crippen LogP contribution in [-0.2, 0) is 9.53 Å². The molecular weight excluding hydrogens is 144 g/mol. The van der Waals surface area contributed by atoms with E-state index < -0.39 is 12.1 Å². The third-order valence-corrected chi connectivity index (χ3v) is 2.84. The summed E-state index contributed by atoms with van der Waals surface area (Å²) in [7, 11) is 0.